The molecule has 0 radical (unpaired) electrons. The fraction of sp³-hybridized carbons (Fsp3) is 0.417. The highest BCUT2D eigenvalue weighted by atomic mass is 32.2. The average Bonchev–Trinajstić information content (AvgIpc) is 2.86. The molecule has 1 amide bonds. The van der Waals surface area contributed by atoms with Crippen molar-refractivity contribution in [3.8, 4) is 0 Å². The number of aromatic nitrogens is 3. The van der Waals surface area contributed by atoms with Crippen molar-refractivity contribution >= 4 is 32.7 Å². The maximum absolute atomic E-state index is 13.0. The topological polar surface area (TPSA) is 123 Å². The van der Waals surface area contributed by atoms with Gasteiger partial charge in [-0.2, -0.15) is 4.31 Å². The third-order valence-corrected chi connectivity index (χ3v) is 8.48. The summed E-state index contributed by atoms with van der Waals surface area (Å²) in [4.78, 5) is 41.8. The first kappa shape index (κ1) is 24.8. The zero-order valence-corrected chi connectivity index (χ0v) is 21.0. The molecule has 1 fully saturated rings. The number of fused-ring (bicyclic) bond motifs is 1. The van der Waals surface area contributed by atoms with Gasteiger partial charge >= 0.3 is 5.69 Å². The molecule has 0 unspecified atom stereocenters. The van der Waals surface area contributed by atoms with Gasteiger partial charge in [-0.25, -0.2) is 18.2 Å². The zero-order valence-electron chi connectivity index (χ0n) is 20.2. The van der Waals surface area contributed by atoms with E-state index in [1.54, 1.807) is 12.1 Å². The molecule has 0 atom stereocenters. The van der Waals surface area contributed by atoms with Crippen LogP contribution in [0.25, 0.3) is 11.0 Å². The van der Waals surface area contributed by atoms with Crippen LogP contribution in [0.2, 0.25) is 0 Å². The summed E-state index contributed by atoms with van der Waals surface area (Å²) in [6.07, 6.45) is 2.17. The molecule has 1 aromatic carbocycles. The van der Waals surface area contributed by atoms with E-state index in [1.165, 1.54) is 35.2 Å². The van der Waals surface area contributed by atoms with E-state index in [4.69, 9.17) is 0 Å². The maximum atomic E-state index is 13.0. The van der Waals surface area contributed by atoms with E-state index in [9.17, 15) is 22.8 Å². The lowest BCUT2D eigenvalue weighted by molar-refractivity contribution is -0.120. The average molecular weight is 500 g/mol. The lowest BCUT2D eigenvalue weighted by Gasteiger charge is -2.30. The van der Waals surface area contributed by atoms with Gasteiger partial charge in [0.2, 0.25) is 15.9 Å². The monoisotopic (exact) mass is 499 g/mol. The Labute approximate surface area is 203 Å². The van der Waals surface area contributed by atoms with Crippen LogP contribution < -0.4 is 16.6 Å². The highest BCUT2D eigenvalue weighted by Gasteiger charge is 2.32. The molecule has 1 saturated heterocycles. The van der Waals surface area contributed by atoms with Gasteiger partial charge in [-0.1, -0.05) is 26.0 Å². The normalized spacial score (nSPS) is 15.6. The zero-order chi connectivity index (χ0) is 25.5. The number of amides is 1. The summed E-state index contributed by atoms with van der Waals surface area (Å²) in [5.41, 5.74) is 0.674. The van der Waals surface area contributed by atoms with Crippen LogP contribution >= 0.6 is 0 Å². The lowest BCUT2D eigenvalue weighted by Crippen LogP contribution is -2.41. The number of nitrogens with one attached hydrogen (secondary N) is 1. The van der Waals surface area contributed by atoms with Crippen molar-refractivity contribution in [2.45, 2.75) is 37.5 Å². The number of aryl methyl sites for hydroxylation is 1. The number of carbonyl (C=O) groups is 1. The van der Waals surface area contributed by atoms with Crippen LogP contribution in [-0.4, -0.2) is 45.8 Å². The molecule has 0 spiro atoms. The Morgan fingerprint density at radius 3 is 2.29 bits per heavy atom. The number of carbonyl (C=O) groups excluding carboxylic acids is 1. The SMILES string of the molecule is CC(C)c1ccc(S(=O)(=O)N2CCC(C(=O)Nc3cnc4c(c3)c(=O)n(C)c(=O)n4C)CC2)cc1. The van der Waals surface area contributed by atoms with Crippen molar-refractivity contribution < 1.29 is 13.2 Å². The fourth-order valence-electron chi connectivity index (χ4n) is 4.31. The molecule has 1 aliphatic heterocycles. The van der Waals surface area contributed by atoms with Crippen molar-refractivity contribution in [3.63, 3.8) is 0 Å². The third-order valence-electron chi connectivity index (χ3n) is 6.57. The van der Waals surface area contributed by atoms with Gasteiger partial charge in [-0.3, -0.25) is 18.7 Å². The molecule has 0 aliphatic carbocycles. The van der Waals surface area contributed by atoms with Crippen LogP contribution in [0.3, 0.4) is 0 Å². The highest BCUT2D eigenvalue weighted by Crippen LogP contribution is 2.26. The second kappa shape index (κ2) is 9.38. The number of sulfonamides is 1. The number of pyridine rings is 1. The maximum Gasteiger partial charge on any atom is 0.332 e. The summed E-state index contributed by atoms with van der Waals surface area (Å²) >= 11 is 0. The number of piperidine rings is 1. The van der Waals surface area contributed by atoms with Crippen molar-refractivity contribution in [3.05, 3.63) is 62.9 Å². The first-order valence-corrected chi connectivity index (χ1v) is 12.9. The number of rotatable bonds is 5. The van der Waals surface area contributed by atoms with Crippen LogP contribution in [0.15, 0.2) is 51.0 Å². The Balaban J connectivity index is 1.44. The van der Waals surface area contributed by atoms with Gasteiger partial charge in [0.15, 0.2) is 0 Å². The molecule has 35 heavy (non-hydrogen) atoms. The van der Waals surface area contributed by atoms with Gasteiger partial charge in [-0.05, 0) is 42.5 Å². The first-order chi connectivity index (χ1) is 16.5. The molecule has 1 aliphatic rings. The molecule has 3 heterocycles. The number of anilines is 1. The molecule has 2 aromatic heterocycles. The van der Waals surface area contributed by atoms with Crippen molar-refractivity contribution in [1.29, 1.82) is 0 Å². The Morgan fingerprint density at radius 1 is 1.06 bits per heavy atom. The molecule has 1 N–H and O–H groups in total. The molecule has 3 aromatic rings. The number of benzene rings is 1. The van der Waals surface area contributed by atoms with Crippen molar-refractivity contribution in [2.75, 3.05) is 18.4 Å². The Morgan fingerprint density at radius 2 is 1.69 bits per heavy atom. The van der Waals surface area contributed by atoms with Gasteiger partial charge in [0.1, 0.15) is 5.65 Å². The molecular formula is C24H29N5O5S. The van der Waals surface area contributed by atoms with Crippen LogP contribution in [0, 0.1) is 5.92 Å². The number of nitrogens with zero attached hydrogens (tertiary/aromatic N) is 4. The van der Waals surface area contributed by atoms with E-state index in [-0.39, 0.29) is 40.8 Å². The van der Waals surface area contributed by atoms with E-state index < -0.39 is 21.3 Å². The molecule has 4 rings (SSSR count). The van der Waals surface area contributed by atoms with Crippen LogP contribution in [0.1, 0.15) is 38.2 Å². The van der Waals surface area contributed by atoms with E-state index in [0.717, 1.165) is 10.1 Å². The third kappa shape index (κ3) is 4.65. The second-order valence-corrected chi connectivity index (χ2v) is 11.1. The smallest absolute Gasteiger partial charge is 0.324 e. The Bertz CT molecular complexity index is 1500. The van der Waals surface area contributed by atoms with Crippen molar-refractivity contribution in [1.82, 2.24) is 18.4 Å². The molecular weight excluding hydrogens is 470 g/mol. The summed E-state index contributed by atoms with van der Waals surface area (Å²) in [7, 11) is -0.718. The molecule has 186 valence electrons. The lowest BCUT2D eigenvalue weighted by atomic mass is 9.97. The van der Waals surface area contributed by atoms with Gasteiger partial charge < -0.3 is 5.32 Å². The van der Waals surface area contributed by atoms with Crippen LogP contribution in [-0.2, 0) is 28.9 Å². The van der Waals surface area contributed by atoms with E-state index in [1.807, 2.05) is 12.1 Å². The van der Waals surface area contributed by atoms with E-state index in [0.29, 0.717) is 24.4 Å². The minimum absolute atomic E-state index is 0.219. The first-order valence-electron chi connectivity index (χ1n) is 11.5. The largest absolute Gasteiger partial charge is 0.332 e. The predicted octanol–water partition coefficient (Wildman–Crippen LogP) is 1.79. The van der Waals surface area contributed by atoms with Gasteiger partial charge in [-0.15, -0.1) is 0 Å². The van der Waals surface area contributed by atoms with Crippen LogP contribution in [0.4, 0.5) is 5.69 Å². The molecule has 0 saturated carbocycles. The minimum atomic E-state index is -3.63. The van der Waals surface area contributed by atoms with Gasteiger partial charge in [0, 0.05) is 33.1 Å². The molecule has 11 heteroatoms. The van der Waals surface area contributed by atoms with Crippen LogP contribution in [0.5, 0.6) is 0 Å². The minimum Gasteiger partial charge on any atom is -0.324 e. The molecule has 0 bridgehead atoms. The van der Waals surface area contributed by atoms with E-state index in [2.05, 4.69) is 24.1 Å². The fourth-order valence-corrected chi connectivity index (χ4v) is 5.78. The molecule has 10 nitrogen and oxygen atoms in total. The van der Waals surface area contributed by atoms with Gasteiger partial charge in [0.05, 0.1) is 22.2 Å². The summed E-state index contributed by atoms with van der Waals surface area (Å²) < 4.78 is 29.7. The quantitative estimate of drug-likeness (QED) is 0.571. The summed E-state index contributed by atoms with van der Waals surface area (Å²) in [6, 6.07) is 8.44. The standard InChI is InChI=1S/C24H29N5O5S/c1-15(2)16-5-7-19(8-6-16)35(33,34)29-11-9-17(10-12-29)22(30)26-18-13-20-21(25-14-18)27(3)24(32)28(4)23(20)31/h5-8,13-15,17H,9-12H2,1-4H3,(H,26,30). The second-order valence-electron chi connectivity index (χ2n) is 9.19. The Kier molecular flexibility index (Phi) is 6.65. The Hall–Kier alpha value is -3.31. The predicted molar refractivity (Wildman–Crippen MR) is 133 cm³/mol. The van der Waals surface area contributed by atoms with E-state index >= 15 is 0 Å². The summed E-state index contributed by atoms with van der Waals surface area (Å²) in [5, 5.41) is 3.00. The van der Waals surface area contributed by atoms with Gasteiger partial charge in [0.25, 0.3) is 5.56 Å². The van der Waals surface area contributed by atoms with Crippen molar-refractivity contribution in [2.24, 2.45) is 20.0 Å². The summed E-state index contributed by atoms with van der Waals surface area (Å²) in [6.45, 7) is 4.58. The number of hydrogen-bond acceptors (Lipinski definition) is 6. The highest BCUT2D eigenvalue weighted by molar-refractivity contribution is 7.89. The summed E-state index contributed by atoms with van der Waals surface area (Å²) in [5.74, 6) is -0.316. The number of hydrogen-bond donors (Lipinski definition) is 1.